The standard InChI is InChI=1S/C10H15NO2/c12-8-10(2-3-11-7-10)5-9-1-4-13-6-9/h1,4,6,11-12H,2-3,5,7-8H2. The third kappa shape index (κ3) is 1.76. The molecular formula is C10H15NO2. The highest BCUT2D eigenvalue weighted by molar-refractivity contribution is 5.10. The largest absolute Gasteiger partial charge is 0.472 e. The van der Waals surface area contributed by atoms with Gasteiger partial charge in [-0.2, -0.15) is 0 Å². The topological polar surface area (TPSA) is 45.4 Å². The van der Waals surface area contributed by atoms with Gasteiger partial charge in [-0.15, -0.1) is 0 Å². The summed E-state index contributed by atoms with van der Waals surface area (Å²) in [6.45, 7) is 2.18. The summed E-state index contributed by atoms with van der Waals surface area (Å²) in [7, 11) is 0. The van der Waals surface area contributed by atoms with E-state index in [0.29, 0.717) is 0 Å². The van der Waals surface area contributed by atoms with Crippen LogP contribution in [0.1, 0.15) is 12.0 Å². The molecule has 1 unspecified atom stereocenters. The molecule has 0 aromatic carbocycles. The van der Waals surface area contributed by atoms with Crippen molar-refractivity contribution in [1.82, 2.24) is 5.32 Å². The Labute approximate surface area is 77.8 Å². The van der Waals surface area contributed by atoms with Crippen molar-refractivity contribution < 1.29 is 9.52 Å². The second kappa shape index (κ2) is 3.52. The zero-order valence-electron chi connectivity index (χ0n) is 7.62. The Bertz CT molecular complexity index is 250. The number of hydrogen-bond acceptors (Lipinski definition) is 3. The fourth-order valence-electron chi connectivity index (χ4n) is 1.96. The van der Waals surface area contributed by atoms with E-state index in [0.717, 1.165) is 25.9 Å². The summed E-state index contributed by atoms with van der Waals surface area (Å²) in [5, 5.41) is 12.6. The molecule has 0 radical (unpaired) electrons. The van der Waals surface area contributed by atoms with Gasteiger partial charge in [-0.1, -0.05) is 0 Å². The molecule has 2 rings (SSSR count). The van der Waals surface area contributed by atoms with Crippen molar-refractivity contribution in [1.29, 1.82) is 0 Å². The zero-order chi connectivity index (χ0) is 9.15. The second-order valence-electron chi connectivity index (χ2n) is 3.89. The van der Waals surface area contributed by atoms with E-state index in [9.17, 15) is 5.11 Å². The molecule has 1 saturated heterocycles. The molecule has 3 heteroatoms. The summed E-state index contributed by atoms with van der Waals surface area (Å²) >= 11 is 0. The van der Waals surface area contributed by atoms with Crippen LogP contribution in [0.25, 0.3) is 0 Å². The fraction of sp³-hybridized carbons (Fsp3) is 0.600. The molecule has 13 heavy (non-hydrogen) atoms. The summed E-state index contributed by atoms with van der Waals surface area (Å²) in [4.78, 5) is 0. The van der Waals surface area contributed by atoms with Gasteiger partial charge in [-0.05, 0) is 31.0 Å². The average molecular weight is 181 g/mol. The van der Waals surface area contributed by atoms with Crippen LogP contribution in [0.4, 0.5) is 0 Å². The van der Waals surface area contributed by atoms with Gasteiger partial charge in [0.1, 0.15) is 0 Å². The van der Waals surface area contributed by atoms with Gasteiger partial charge in [0.2, 0.25) is 0 Å². The molecule has 1 aliphatic heterocycles. The molecule has 1 fully saturated rings. The summed E-state index contributed by atoms with van der Waals surface area (Å²) in [6.07, 6.45) is 5.40. The van der Waals surface area contributed by atoms with Gasteiger partial charge in [0.15, 0.2) is 0 Å². The molecule has 2 heterocycles. The number of rotatable bonds is 3. The Morgan fingerprint density at radius 1 is 1.62 bits per heavy atom. The van der Waals surface area contributed by atoms with E-state index >= 15 is 0 Å². The van der Waals surface area contributed by atoms with Gasteiger partial charge in [0.05, 0.1) is 19.1 Å². The third-order valence-corrected chi connectivity index (χ3v) is 2.83. The van der Waals surface area contributed by atoms with Crippen LogP contribution in [0.3, 0.4) is 0 Å². The van der Waals surface area contributed by atoms with Gasteiger partial charge in [-0.3, -0.25) is 0 Å². The minimum Gasteiger partial charge on any atom is -0.472 e. The SMILES string of the molecule is OCC1(Cc2ccoc2)CCNC1. The van der Waals surface area contributed by atoms with Crippen LogP contribution >= 0.6 is 0 Å². The van der Waals surface area contributed by atoms with Crippen LogP contribution < -0.4 is 5.32 Å². The van der Waals surface area contributed by atoms with E-state index in [4.69, 9.17) is 4.42 Å². The maximum absolute atomic E-state index is 9.34. The Morgan fingerprint density at radius 2 is 2.54 bits per heavy atom. The molecule has 0 amide bonds. The first-order valence-corrected chi connectivity index (χ1v) is 4.67. The van der Waals surface area contributed by atoms with Crippen molar-refractivity contribution in [2.24, 2.45) is 5.41 Å². The molecule has 3 nitrogen and oxygen atoms in total. The first-order valence-electron chi connectivity index (χ1n) is 4.67. The molecular weight excluding hydrogens is 166 g/mol. The summed E-state index contributed by atoms with van der Waals surface area (Å²) < 4.78 is 5.01. The monoisotopic (exact) mass is 181 g/mol. The van der Waals surface area contributed by atoms with Crippen LogP contribution in [-0.4, -0.2) is 24.8 Å². The number of furan rings is 1. The quantitative estimate of drug-likeness (QED) is 0.724. The minimum atomic E-state index is 0.0455. The Morgan fingerprint density at radius 3 is 3.08 bits per heavy atom. The highest BCUT2D eigenvalue weighted by atomic mass is 16.3. The van der Waals surface area contributed by atoms with Crippen molar-refractivity contribution in [2.45, 2.75) is 12.8 Å². The predicted octanol–water partition coefficient (Wildman–Crippen LogP) is 0.794. The summed E-state index contributed by atoms with van der Waals surface area (Å²) in [6, 6.07) is 1.97. The van der Waals surface area contributed by atoms with E-state index in [2.05, 4.69) is 5.32 Å². The number of nitrogens with one attached hydrogen (secondary N) is 1. The van der Waals surface area contributed by atoms with E-state index < -0.39 is 0 Å². The van der Waals surface area contributed by atoms with E-state index in [-0.39, 0.29) is 12.0 Å². The van der Waals surface area contributed by atoms with Crippen molar-refractivity contribution in [3.8, 4) is 0 Å². The zero-order valence-corrected chi connectivity index (χ0v) is 7.62. The third-order valence-electron chi connectivity index (χ3n) is 2.83. The van der Waals surface area contributed by atoms with Gasteiger partial charge in [-0.25, -0.2) is 0 Å². The van der Waals surface area contributed by atoms with Crippen LogP contribution in [0.2, 0.25) is 0 Å². The lowest BCUT2D eigenvalue weighted by atomic mass is 9.82. The molecule has 0 spiro atoms. The van der Waals surface area contributed by atoms with Crippen LogP contribution in [0.15, 0.2) is 23.0 Å². The molecule has 0 bridgehead atoms. The summed E-state index contributed by atoms with van der Waals surface area (Å²) in [5.74, 6) is 0. The highest BCUT2D eigenvalue weighted by Gasteiger charge is 2.33. The van der Waals surface area contributed by atoms with E-state index in [1.807, 2.05) is 6.07 Å². The number of aliphatic hydroxyl groups is 1. The first kappa shape index (κ1) is 8.78. The maximum Gasteiger partial charge on any atom is 0.0934 e. The Balaban J connectivity index is 2.06. The summed E-state index contributed by atoms with van der Waals surface area (Å²) in [5.41, 5.74) is 1.22. The lowest BCUT2D eigenvalue weighted by Crippen LogP contribution is -2.30. The molecule has 1 aromatic heterocycles. The van der Waals surface area contributed by atoms with Crippen molar-refractivity contribution >= 4 is 0 Å². The normalized spacial score (nSPS) is 28.1. The van der Waals surface area contributed by atoms with Crippen LogP contribution in [0, 0.1) is 5.41 Å². The maximum atomic E-state index is 9.34. The smallest absolute Gasteiger partial charge is 0.0934 e. The molecule has 0 saturated carbocycles. The molecule has 1 aromatic rings. The van der Waals surface area contributed by atoms with Crippen molar-refractivity contribution in [3.63, 3.8) is 0 Å². The van der Waals surface area contributed by atoms with Gasteiger partial charge >= 0.3 is 0 Å². The first-order chi connectivity index (χ1) is 6.35. The van der Waals surface area contributed by atoms with Crippen LogP contribution in [-0.2, 0) is 6.42 Å². The fourth-order valence-corrected chi connectivity index (χ4v) is 1.96. The molecule has 1 atom stereocenters. The molecule has 1 aliphatic rings. The van der Waals surface area contributed by atoms with Gasteiger partial charge < -0.3 is 14.8 Å². The van der Waals surface area contributed by atoms with E-state index in [1.54, 1.807) is 12.5 Å². The Kier molecular flexibility index (Phi) is 2.38. The lowest BCUT2D eigenvalue weighted by Gasteiger charge is -2.24. The van der Waals surface area contributed by atoms with Crippen LogP contribution in [0.5, 0.6) is 0 Å². The van der Waals surface area contributed by atoms with Gasteiger partial charge in [0.25, 0.3) is 0 Å². The van der Waals surface area contributed by atoms with Gasteiger partial charge in [0, 0.05) is 12.0 Å². The van der Waals surface area contributed by atoms with Crippen molar-refractivity contribution in [3.05, 3.63) is 24.2 Å². The molecule has 72 valence electrons. The average Bonchev–Trinajstić information content (AvgIpc) is 2.77. The number of hydrogen-bond donors (Lipinski definition) is 2. The predicted molar refractivity (Wildman–Crippen MR) is 49.4 cm³/mol. The van der Waals surface area contributed by atoms with Crippen molar-refractivity contribution in [2.75, 3.05) is 19.7 Å². The molecule has 2 N–H and O–H groups in total. The molecule has 0 aliphatic carbocycles. The minimum absolute atomic E-state index is 0.0455. The second-order valence-corrected chi connectivity index (χ2v) is 3.89. The van der Waals surface area contributed by atoms with E-state index in [1.165, 1.54) is 5.56 Å². The highest BCUT2D eigenvalue weighted by Crippen LogP contribution is 2.29. The number of aliphatic hydroxyl groups excluding tert-OH is 1. The lowest BCUT2D eigenvalue weighted by molar-refractivity contribution is 0.142. The Hall–Kier alpha value is -0.800.